The first kappa shape index (κ1) is 23.4. The maximum atomic E-state index is 13.1. The first-order chi connectivity index (χ1) is 16.8. The molecular weight excluding hydrogens is 448 g/mol. The third-order valence-corrected chi connectivity index (χ3v) is 5.45. The Morgan fingerprint density at radius 2 is 1.63 bits per heavy atom. The number of rotatable bonds is 5. The summed E-state index contributed by atoms with van der Waals surface area (Å²) < 4.78 is 10.8. The first-order valence-corrected chi connectivity index (χ1v) is 10.7. The van der Waals surface area contributed by atoms with Crippen LogP contribution in [-0.4, -0.2) is 30.9 Å². The molecule has 8 nitrogen and oxygen atoms in total. The number of ether oxygens (including phenoxy) is 2. The molecule has 0 aromatic heterocycles. The monoisotopic (exact) mass is 470 g/mol. The Balaban J connectivity index is 1.63. The van der Waals surface area contributed by atoms with Crippen LogP contribution in [0.5, 0.6) is 11.5 Å². The van der Waals surface area contributed by atoms with Crippen LogP contribution in [0.1, 0.15) is 27.0 Å². The zero-order valence-corrected chi connectivity index (χ0v) is 19.3. The van der Waals surface area contributed by atoms with Crippen LogP contribution in [-0.2, 0) is 9.59 Å². The van der Waals surface area contributed by atoms with Crippen molar-refractivity contribution in [3.8, 4) is 11.5 Å². The highest BCUT2D eigenvalue weighted by atomic mass is 16.6. The number of anilines is 1. The minimum absolute atomic E-state index is 0.177. The summed E-state index contributed by atoms with van der Waals surface area (Å²) in [5.41, 5.74) is 2.69. The number of imide groups is 2. The normalized spacial score (nSPS) is 14.7. The first-order valence-electron chi connectivity index (χ1n) is 10.7. The van der Waals surface area contributed by atoms with Gasteiger partial charge in [0.2, 0.25) is 0 Å². The summed E-state index contributed by atoms with van der Waals surface area (Å²) in [6, 6.07) is 17.6. The number of aryl methyl sites for hydroxylation is 2. The minimum atomic E-state index is -0.817. The lowest BCUT2D eigenvalue weighted by Gasteiger charge is -2.27. The zero-order chi connectivity index (χ0) is 25.1. The molecule has 8 heteroatoms. The third kappa shape index (κ3) is 4.81. The number of barbiturate groups is 1. The Morgan fingerprint density at radius 3 is 2.31 bits per heavy atom. The Morgan fingerprint density at radius 1 is 0.914 bits per heavy atom. The number of methoxy groups -OCH3 is 1. The van der Waals surface area contributed by atoms with E-state index in [0.717, 1.165) is 10.5 Å². The Hall–Kier alpha value is -4.72. The molecular formula is C27H22N2O6. The fourth-order valence-electron chi connectivity index (χ4n) is 3.56. The summed E-state index contributed by atoms with van der Waals surface area (Å²) >= 11 is 0. The van der Waals surface area contributed by atoms with Gasteiger partial charge in [0.15, 0.2) is 11.5 Å². The van der Waals surface area contributed by atoms with Gasteiger partial charge in [0.1, 0.15) is 5.57 Å². The van der Waals surface area contributed by atoms with Crippen LogP contribution in [0.2, 0.25) is 0 Å². The summed E-state index contributed by atoms with van der Waals surface area (Å²) in [4.78, 5) is 51.4. The molecule has 4 amide bonds. The molecule has 1 aliphatic heterocycles. The number of esters is 1. The van der Waals surface area contributed by atoms with Crippen molar-refractivity contribution in [1.29, 1.82) is 0 Å². The maximum Gasteiger partial charge on any atom is 0.343 e. The molecule has 0 radical (unpaired) electrons. The zero-order valence-electron chi connectivity index (χ0n) is 19.3. The molecule has 0 unspecified atom stereocenters. The van der Waals surface area contributed by atoms with E-state index in [1.165, 1.54) is 25.3 Å². The largest absolute Gasteiger partial charge is 0.493 e. The number of urea groups is 1. The lowest BCUT2D eigenvalue weighted by Crippen LogP contribution is -2.54. The second kappa shape index (κ2) is 9.64. The molecule has 1 fully saturated rings. The molecule has 1 aliphatic rings. The summed E-state index contributed by atoms with van der Waals surface area (Å²) in [6.07, 6.45) is 1.35. The summed E-state index contributed by atoms with van der Waals surface area (Å²) in [6.45, 7) is 3.68. The van der Waals surface area contributed by atoms with Gasteiger partial charge in [0.05, 0.1) is 18.4 Å². The van der Waals surface area contributed by atoms with Crippen molar-refractivity contribution >= 4 is 35.6 Å². The fourth-order valence-corrected chi connectivity index (χ4v) is 3.56. The van der Waals surface area contributed by atoms with Crippen molar-refractivity contribution in [2.75, 3.05) is 12.0 Å². The second-order valence-corrected chi connectivity index (χ2v) is 7.91. The highest BCUT2D eigenvalue weighted by Crippen LogP contribution is 2.31. The van der Waals surface area contributed by atoms with E-state index in [-0.39, 0.29) is 17.1 Å². The molecule has 0 atom stereocenters. The summed E-state index contributed by atoms with van der Waals surface area (Å²) in [5.74, 6) is -1.70. The van der Waals surface area contributed by atoms with Crippen molar-refractivity contribution in [2.24, 2.45) is 0 Å². The Kier molecular flexibility index (Phi) is 6.46. The van der Waals surface area contributed by atoms with Crippen molar-refractivity contribution in [2.45, 2.75) is 13.8 Å². The van der Waals surface area contributed by atoms with Gasteiger partial charge >= 0.3 is 12.0 Å². The molecule has 1 N–H and O–H groups in total. The molecule has 176 valence electrons. The second-order valence-electron chi connectivity index (χ2n) is 7.91. The van der Waals surface area contributed by atoms with Crippen LogP contribution in [0, 0.1) is 13.8 Å². The number of hydrogen-bond donors (Lipinski definition) is 1. The lowest BCUT2D eigenvalue weighted by molar-refractivity contribution is -0.122. The number of nitrogens with one attached hydrogen (secondary N) is 1. The molecule has 1 heterocycles. The number of hydrogen-bond acceptors (Lipinski definition) is 6. The molecule has 0 spiro atoms. The fraction of sp³-hybridized carbons (Fsp3) is 0.111. The van der Waals surface area contributed by atoms with E-state index >= 15 is 0 Å². The lowest BCUT2D eigenvalue weighted by atomic mass is 10.1. The van der Waals surface area contributed by atoms with E-state index < -0.39 is 23.8 Å². The van der Waals surface area contributed by atoms with Crippen LogP contribution >= 0.6 is 0 Å². The molecule has 1 saturated heterocycles. The van der Waals surface area contributed by atoms with Gasteiger partial charge in [-0.1, -0.05) is 42.0 Å². The van der Waals surface area contributed by atoms with Crippen LogP contribution in [0.3, 0.4) is 0 Å². The van der Waals surface area contributed by atoms with Crippen LogP contribution in [0.4, 0.5) is 10.5 Å². The predicted octanol–water partition coefficient (Wildman–Crippen LogP) is 4.20. The number of amides is 4. The van der Waals surface area contributed by atoms with Gasteiger partial charge in [-0.15, -0.1) is 0 Å². The smallest absolute Gasteiger partial charge is 0.343 e. The number of para-hydroxylation sites is 1. The number of benzene rings is 3. The van der Waals surface area contributed by atoms with Gasteiger partial charge < -0.3 is 9.47 Å². The number of carbonyl (C=O) groups excluding carboxylic acids is 4. The Labute approximate surface area is 201 Å². The van der Waals surface area contributed by atoms with E-state index in [4.69, 9.17) is 9.47 Å². The number of carbonyl (C=O) groups is 4. The number of nitrogens with zero attached hydrogens (tertiary/aromatic N) is 1. The van der Waals surface area contributed by atoms with Crippen molar-refractivity contribution in [1.82, 2.24) is 5.32 Å². The quantitative estimate of drug-likeness (QED) is 0.260. The molecule has 4 rings (SSSR count). The molecule has 35 heavy (non-hydrogen) atoms. The molecule has 3 aromatic carbocycles. The van der Waals surface area contributed by atoms with Crippen LogP contribution in [0.15, 0.2) is 72.3 Å². The topological polar surface area (TPSA) is 102 Å². The van der Waals surface area contributed by atoms with E-state index in [2.05, 4.69) is 5.32 Å². The van der Waals surface area contributed by atoms with Gasteiger partial charge in [-0.05, 0) is 61.4 Å². The highest BCUT2D eigenvalue weighted by molar-refractivity contribution is 6.39. The Bertz CT molecular complexity index is 1370. The van der Waals surface area contributed by atoms with Gasteiger partial charge in [-0.3, -0.25) is 14.9 Å². The minimum Gasteiger partial charge on any atom is -0.493 e. The van der Waals surface area contributed by atoms with Crippen molar-refractivity contribution in [3.63, 3.8) is 0 Å². The van der Waals surface area contributed by atoms with Crippen molar-refractivity contribution < 1.29 is 28.7 Å². The maximum absolute atomic E-state index is 13.1. The molecule has 3 aromatic rings. The van der Waals surface area contributed by atoms with E-state index in [1.807, 2.05) is 6.92 Å². The van der Waals surface area contributed by atoms with Gasteiger partial charge in [-0.25, -0.2) is 14.5 Å². The van der Waals surface area contributed by atoms with Gasteiger partial charge in [0, 0.05) is 0 Å². The standard InChI is InChI=1S/C27H22N2O6/c1-16-8-11-19(12-9-16)26(32)35-22-13-10-18(15-23(22)34-3)14-20-24(30)28-27(33)29(25(20)31)21-7-5-4-6-17(21)2/h4-15H,1-3H3,(H,28,30,33)/b20-14+. The van der Waals surface area contributed by atoms with Gasteiger partial charge in [0.25, 0.3) is 11.8 Å². The van der Waals surface area contributed by atoms with Crippen LogP contribution < -0.4 is 19.7 Å². The van der Waals surface area contributed by atoms with E-state index in [9.17, 15) is 19.2 Å². The molecule has 0 bridgehead atoms. The third-order valence-electron chi connectivity index (χ3n) is 5.45. The molecule has 0 aliphatic carbocycles. The van der Waals surface area contributed by atoms with E-state index in [0.29, 0.717) is 22.4 Å². The van der Waals surface area contributed by atoms with Crippen LogP contribution in [0.25, 0.3) is 6.08 Å². The summed E-state index contributed by atoms with van der Waals surface area (Å²) in [5, 5.41) is 2.20. The van der Waals surface area contributed by atoms with Crippen molar-refractivity contribution in [3.05, 3.63) is 94.6 Å². The average Bonchev–Trinajstić information content (AvgIpc) is 2.84. The molecule has 0 saturated carbocycles. The summed E-state index contributed by atoms with van der Waals surface area (Å²) in [7, 11) is 1.41. The predicted molar refractivity (Wildman–Crippen MR) is 129 cm³/mol. The highest BCUT2D eigenvalue weighted by Gasteiger charge is 2.37. The SMILES string of the molecule is COc1cc(/C=C2\C(=O)NC(=O)N(c3ccccc3C)C2=O)ccc1OC(=O)c1ccc(C)cc1. The van der Waals surface area contributed by atoms with Gasteiger partial charge in [-0.2, -0.15) is 0 Å². The average molecular weight is 470 g/mol. The van der Waals surface area contributed by atoms with E-state index in [1.54, 1.807) is 61.5 Å².